The van der Waals surface area contributed by atoms with Gasteiger partial charge in [0.15, 0.2) is 0 Å². The van der Waals surface area contributed by atoms with E-state index in [1.54, 1.807) is 24.3 Å². The van der Waals surface area contributed by atoms with Gasteiger partial charge in [-0.3, -0.25) is 4.31 Å². The molecule has 0 bridgehead atoms. The molecular weight excluding hydrogens is 364 g/mol. The minimum Gasteiger partial charge on any atom is -0.491 e. The first-order valence-corrected chi connectivity index (χ1v) is 11.5. The Kier molecular flexibility index (Phi) is 8.17. The summed E-state index contributed by atoms with van der Waals surface area (Å²) in [7, 11) is -5.61. The Morgan fingerprint density at radius 2 is 1.68 bits per heavy atom. The van der Waals surface area contributed by atoms with Crippen molar-refractivity contribution < 1.29 is 21.6 Å². The highest BCUT2D eigenvalue weighted by Crippen LogP contribution is 2.21. The van der Waals surface area contributed by atoms with E-state index in [2.05, 4.69) is 4.72 Å². The second-order valence-electron chi connectivity index (χ2n) is 6.01. The van der Waals surface area contributed by atoms with Crippen LogP contribution in [0.2, 0.25) is 0 Å². The smallest absolute Gasteiger partial charge is 0.236 e. The molecule has 1 aromatic carbocycles. The molecule has 0 aliphatic rings. The van der Waals surface area contributed by atoms with E-state index >= 15 is 0 Å². The van der Waals surface area contributed by atoms with Gasteiger partial charge in [-0.15, -0.1) is 0 Å². The highest BCUT2D eigenvalue weighted by atomic mass is 32.2. The van der Waals surface area contributed by atoms with E-state index in [0.717, 1.165) is 10.7 Å². The summed E-state index contributed by atoms with van der Waals surface area (Å²) >= 11 is 0. The Bertz CT molecular complexity index is 728. The Morgan fingerprint density at radius 3 is 2.20 bits per heavy atom. The number of nitrogens with zero attached hydrogens (tertiary/aromatic N) is 1. The maximum atomic E-state index is 12.4. The van der Waals surface area contributed by atoms with E-state index in [1.165, 1.54) is 7.05 Å². The third-order valence-electron chi connectivity index (χ3n) is 3.44. The minimum absolute atomic E-state index is 0.0106. The Hall–Kier alpha value is -1.32. The lowest BCUT2D eigenvalue weighted by Crippen LogP contribution is -2.36. The predicted octanol–water partition coefficient (Wildman–Crippen LogP) is 1.96. The number of unbranched alkanes of at least 4 members (excludes halogenated alkanes) is 1. The zero-order valence-corrected chi connectivity index (χ0v) is 16.9. The van der Waals surface area contributed by atoms with Gasteiger partial charge in [0.05, 0.1) is 23.3 Å². The van der Waals surface area contributed by atoms with Gasteiger partial charge in [-0.1, -0.05) is 13.3 Å². The summed E-state index contributed by atoms with van der Waals surface area (Å²) in [5.41, 5.74) is 0.491. The Morgan fingerprint density at radius 1 is 1.08 bits per heavy atom. The zero-order chi connectivity index (χ0) is 19.1. The lowest BCUT2D eigenvalue weighted by atomic mass is 10.3. The molecule has 25 heavy (non-hydrogen) atoms. The van der Waals surface area contributed by atoms with E-state index < -0.39 is 20.0 Å². The molecule has 7 nitrogen and oxygen atoms in total. The van der Waals surface area contributed by atoms with Gasteiger partial charge in [-0.05, 0) is 44.5 Å². The van der Waals surface area contributed by atoms with Crippen molar-refractivity contribution in [2.24, 2.45) is 0 Å². The molecule has 1 aromatic rings. The van der Waals surface area contributed by atoms with Crippen LogP contribution in [0.25, 0.3) is 0 Å². The molecule has 0 saturated carbocycles. The first-order valence-electron chi connectivity index (χ1n) is 8.28. The Balaban J connectivity index is 2.65. The molecule has 0 aromatic heterocycles. The van der Waals surface area contributed by atoms with Gasteiger partial charge >= 0.3 is 0 Å². The third kappa shape index (κ3) is 7.62. The minimum atomic E-state index is -3.63. The van der Waals surface area contributed by atoms with Crippen LogP contribution in [0.4, 0.5) is 5.69 Å². The SMILES string of the molecule is CCCCS(=O)(=O)NCCS(=O)(=O)N(C)c1ccc(OC(C)C)cc1. The monoisotopic (exact) mass is 392 g/mol. The molecule has 1 rings (SSSR count). The largest absolute Gasteiger partial charge is 0.491 e. The molecule has 144 valence electrons. The average molecular weight is 393 g/mol. The summed E-state index contributed by atoms with van der Waals surface area (Å²) in [6.45, 7) is 5.57. The summed E-state index contributed by atoms with van der Waals surface area (Å²) in [5, 5.41) is 0. The van der Waals surface area contributed by atoms with Crippen LogP contribution in [-0.2, 0) is 20.0 Å². The van der Waals surface area contributed by atoms with Crippen LogP contribution in [0.15, 0.2) is 24.3 Å². The van der Waals surface area contributed by atoms with Crippen LogP contribution in [0.1, 0.15) is 33.6 Å². The van der Waals surface area contributed by atoms with Gasteiger partial charge in [0, 0.05) is 13.6 Å². The van der Waals surface area contributed by atoms with Crippen LogP contribution < -0.4 is 13.8 Å². The van der Waals surface area contributed by atoms with Crippen LogP contribution in [0.5, 0.6) is 5.75 Å². The number of nitrogens with one attached hydrogen (secondary N) is 1. The number of ether oxygens (including phenoxy) is 1. The van der Waals surface area contributed by atoms with Gasteiger partial charge in [0.2, 0.25) is 20.0 Å². The summed E-state index contributed by atoms with van der Waals surface area (Å²) in [6.07, 6.45) is 1.35. The maximum absolute atomic E-state index is 12.4. The number of benzene rings is 1. The molecule has 0 radical (unpaired) electrons. The van der Waals surface area contributed by atoms with Crippen molar-refractivity contribution in [2.75, 3.05) is 29.4 Å². The van der Waals surface area contributed by atoms with Gasteiger partial charge in [-0.2, -0.15) is 0 Å². The van der Waals surface area contributed by atoms with Crippen molar-refractivity contribution in [1.82, 2.24) is 4.72 Å². The first-order chi connectivity index (χ1) is 11.6. The normalized spacial score (nSPS) is 12.4. The molecule has 0 fully saturated rings. The van der Waals surface area contributed by atoms with Gasteiger partial charge in [0.1, 0.15) is 5.75 Å². The molecule has 0 aliphatic carbocycles. The molecule has 0 unspecified atom stereocenters. The summed E-state index contributed by atoms with van der Waals surface area (Å²) < 4.78 is 57.1. The van der Waals surface area contributed by atoms with Crippen LogP contribution in [0, 0.1) is 0 Å². The van der Waals surface area contributed by atoms with Gasteiger partial charge in [0.25, 0.3) is 0 Å². The number of sulfonamides is 2. The highest BCUT2D eigenvalue weighted by molar-refractivity contribution is 7.93. The maximum Gasteiger partial charge on any atom is 0.236 e. The molecule has 9 heteroatoms. The summed E-state index contributed by atoms with van der Waals surface area (Å²) in [5.74, 6) is 0.365. The Labute approximate surface area is 151 Å². The molecule has 0 heterocycles. The lowest BCUT2D eigenvalue weighted by molar-refractivity contribution is 0.242. The zero-order valence-electron chi connectivity index (χ0n) is 15.2. The van der Waals surface area contributed by atoms with Crippen molar-refractivity contribution >= 4 is 25.7 Å². The quantitative estimate of drug-likeness (QED) is 0.621. The van der Waals surface area contributed by atoms with Crippen molar-refractivity contribution in [1.29, 1.82) is 0 Å². The fourth-order valence-corrected chi connectivity index (χ4v) is 4.47. The topological polar surface area (TPSA) is 92.8 Å². The number of hydrogen-bond donors (Lipinski definition) is 1. The van der Waals surface area contributed by atoms with E-state index in [-0.39, 0.29) is 24.2 Å². The van der Waals surface area contributed by atoms with E-state index in [0.29, 0.717) is 17.9 Å². The summed E-state index contributed by atoms with van der Waals surface area (Å²) in [6, 6.07) is 6.71. The fraction of sp³-hybridized carbons (Fsp3) is 0.625. The molecule has 0 atom stereocenters. The number of hydrogen-bond acceptors (Lipinski definition) is 5. The van der Waals surface area contributed by atoms with Crippen LogP contribution in [-0.4, -0.2) is 48.0 Å². The third-order valence-corrected chi connectivity index (χ3v) is 6.67. The van der Waals surface area contributed by atoms with E-state index in [1.807, 2.05) is 20.8 Å². The second-order valence-corrected chi connectivity index (χ2v) is 10.1. The number of anilines is 1. The average Bonchev–Trinajstić information content (AvgIpc) is 2.52. The molecular formula is C16H28N2O5S2. The first kappa shape index (κ1) is 21.7. The van der Waals surface area contributed by atoms with Crippen LogP contribution >= 0.6 is 0 Å². The van der Waals surface area contributed by atoms with Crippen molar-refractivity contribution in [3.8, 4) is 5.75 Å². The van der Waals surface area contributed by atoms with Gasteiger partial charge in [-0.25, -0.2) is 21.6 Å². The predicted molar refractivity (Wildman–Crippen MR) is 101 cm³/mol. The summed E-state index contributed by atoms with van der Waals surface area (Å²) in [4.78, 5) is 0. The van der Waals surface area contributed by atoms with Crippen molar-refractivity contribution in [2.45, 2.75) is 39.7 Å². The molecule has 0 aliphatic heterocycles. The van der Waals surface area contributed by atoms with Gasteiger partial charge < -0.3 is 4.74 Å². The second kappa shape index (κ2) is 9.40. The van der Waals surface area contributed by atoms with Crippen molar-refractivity contribution in [3.05, 3.63) is 24.3 Å². The van der Waals surface area contributed by atoms with Crippen LogP contribution in [0.3, 0.4) is 0 Å². The molecule has 0 spiro atoms. The molecule has 0 amide bonds. The molecule has 1 N–H and O–H groups in total. The van der Waals surface area contributed by atoms with E-state index in [4.69, 9.17) is 4.74 Å². The standard InChI is InChI=1S/C16H28N2O5S2/c1-5-6-12-24(19,20)17-11-13-25(21,22)18(4)15-7-9-16(10-8-15)23-14(2)3/h7-10,14,17H,5-6,11-13H2,1-4H3. The van der Waals surface area contributed by atoms with Crippen molar-refractivity contribution in [3.63, 3.8) is 0 Å². The number of rotatable bonds is 11. The lowest BCUT2D eigenvalue weighted by Gasteiger charge is -2.20. The molecule has 0 saturated heterocycles. The highest BCUT2D eigenvalue weighted by Gasteiger charge is 2.19. The fourth-order valence-electron chi connectivity index (χ4n) is 2.04. The van der Waals surface area contributed by atoms with E-state index in [9.17, 15) is 16.8 Å².